The van der Waals surface area contributed by atoms with E-state index < -0.39 is 12.1 Å². The number of carbonyl (C=O) groups is 2. The summed E-state index contributed by atoms with van der Waals surface area (Å²) in [7, 11) is 1.28. The molecule has 0 saturated heterocycles. The Morgan fingerprint density at radius 3 is 2.67 bits per heavy atom. The molecule has 0 aliphatic carbocycles. The van der Waals surface area contributed by atoms with E-state index in [4.69, 9.17) is 21.4 Å². The van der Waals surface area contributed by atoms with Gasteiger partial charge in [-0.1, -0.05) is 11.6 Å². The lowest BCUT2D eigenvalue weighted by atomic mass is 10.1. The minimum absolute atomic E-state index is 0.0905. The fourth-order valence-corrected chi connectivity index (χ4v) is 1.66. The van der Waals surface area contributed by atoms with Crippen LogP contribution in [0.3, 0.4) is 0 Å². The summed E-state index contributed by atoms with van der Waals surface area (Å²) in [5.41, 5.74) is 1.18. The van der Waals surface area contributed by atoms with Gasteiger partial charge >= 0.3 is 5.97 Å². The first kappa shape index (κ1) is 14.5. The number of hydrogen-bond donors (Lipinski definition) is 2. The van der Waals surface area contributed by atoms with Gasteiger partial charge in [0.2, 0.25) is 0 Å². The van der Waals surface area contributed by atoms with Crippen molar-refractivity contribution in [2.45, 2.75) is 13.0 Å². The molecular weight excluding hydrogens is 258 g/mol. The third-order valence-corrected chi connectivity index (χ3v) is 2.68. The number of carboxylic acids is 1. The lowest BCUT2D eigenvalue weighted by Gasteiger charge is -2.12. The van der Waals surface area contributed by atoms with Crippen LogP contribution in [0.25, 0.3) is 0 Å². The summed E-state index contributed by atoms with van der Waals surface area (Å²) in [5.74, 6) is -1.47. The van der Waals surface area contributed by atoms with Crippen molar-refractivity contribution in [2.24, 2.45) is 0 Å². The quantitative estimate of drug-likeness (QED) is 0.850. The molecule has 0 aromatic heterocycles. The van der Waals surface area contributed by atoms with Crippen molar-refractivity contribution in [2.75, 3.05) is 13.7 Å². The summed E-state index contributed by atoms with van der Waals surface area (Å²) in [6.07, 6.45) is -1.05. The van der Waals surface area contributed by atoms with Crippen molar-refractivity contribution < 1.29 is 19.4 Å². The predicted octanol–water partition coefficient (Wildman–Crippen LogP) is 1.48. The number of ether oxygens (including phenoxy) is 1. The molecule has 0 aliphatic rings. The largest absolute Gasteiger partial charge is 0.479 e. The van der Waals surface area contributed by atoms with E-state index in [1.807, 2.05) is 0 Å². The number of hydrogen-bond acceptors (Lipinski definition) is 3. The van der Waals surface area contributed by atoms with Crippen LogP contribution < -0.4 is 5.32 Å². The molecule has 1 rings (SSSR count). The number of carbonyl (C=O) groups excluding carboxylic acids is 1. The van der Waals surface area contributed by atoms with E-state index in [0.29, 0.717) is 10.6 Å². The molecule has 0 spiro atoms. The summed E-state index contributed by atoms with van der Waals surface area (Å²) in [4.78, 5) is 22.5. The Morgan fingerprint density at radius 2 is 2.17 bits per heavy atom. The first-order valence-corrected chi connectivity index (χ1v) is 5.63. The van der Waals surface area contributed by atoms with Crippen molar-refractivity contribution in [3.63, 3.8) is 0 Å². The first-order valence-electron chi connectivity index (χ1n) is 5.25. The maximum absolute atomic E-state index is 11.8. The number of aryl methyl sites for hydroxylation is 1. The molecule has 1 unspecified atom stereocenters. The monoisotopic (exact) mass is 271 g/mol. The van der Waals surface area contributed by atoms with Crippen molar-refractivity contribution in [1.82, 2.24) is 5.32 Å². The molecular formula is C12H14ClNO4. The summed E-state index contributed by atoms with van der Waals surface area (Å²) in [6, 6.07) is 4.87. The van der Waals surface area contributed by atoms with Gasteiger partial charge in [0.05, 0.1) is 6.54 Å². The average Bonchev–Trinajstić information content (AvgIpc) is 2.28. The highest BCUT2D eigenvalue weighted by Gasteiger charge is 2.18. The molecule has 98 valence electrons. The number of benzene rings is 1. The molecule has 1 amide bonds. The molecule has 1 aromatic rings. The highest BCUT2D eigenvalue weighted by atomic mass is 35.5. The number of aliphatic carboxylic acids is 1. The fourth-order valence-electron chi connectivity index (χ4n) is 1.43. The maximum atomic E-state index is 11.8. The van der Waals surface area contributed by atoms with Crippen LogP contribution in [0, 0.1) is 6.92 Å². The Kier molecular flexibility index (Phi) is 5.12. The highest BCUT2D eigenvalue weighted by Crippen LogP contribution is 2.14. The third kappa shape index (κ3) is 3.72. The van der Waals surface area contributed by atoms with Crippen LogP contribution in [0.2, 0.25) is 5.02 Å². The second-order valence-corrected chi connectivity index (χ2v) is 4.17. The first-order chi connectivity index (χ1) is 8.45. The van der Waals surface area contributed by atoms with Gasteiger partial charge in [0.25, 0.3) is 5.91 Å². The van der Waals surface area contributed by atoms with Crippen LogP contribution >= 0.6 is 11.6 Å². The summed E-state index contributed by atoms with van der Waals surface area (Å²) >= 11 is 5.78. The molecule has 0 fully saturated rings. The Labute approximate surface area is 110 Å². The van der Waals surface area contributed by atoms with Gasteiger partial charge in [0, 0.05) is 17.7 Å². The van der Waals surface area contributed by atoms with Crippen molar-refractivity contribution in [3.8, 4) is 0 Å². The van der Waals surface area contributed by atoms with E-state index in [1.54, 1.807) is 25.1 Å². The summed E-state index contributed by atoms with van der Waals surface area (Å²) in [6.45, 7) is 1.67. The van der Waals surface area contributed by atoms with Gasteiger partial charge in [0.1, 0.15) is 0 Å². The zero-order valence-corrected chi connectivity index (χ0v) is 10.8. The molecule has 18 heavy (non-hydrogen) atoms. The minimum atomic E-state index is -1.12. The number of halogens is 1. The van der Waals surface area contributed by atoms with Crippen LogP contribution in [0.1, 0.15) is 15.9 Å². The second-order valence-electron chi connectivity index (χ2n) is 3.73. The highest BCUT2D eigenvalue weighted by molar-refractivity contribution is 6.30. The van der Waals surface area contributed by atoms with Crippen molar-refractivity contribution in [3.05, 3.63) is 34.3 Å². The van der Waals surface area contributed by atoms with Crippen LogP contribution in [-0.2, 0) is 9.53 Å². The summed E-state index contributed by atoms with van der Waals surface area (Å²) in [5, 5.41) is 11.8. The Morgan fingerprint density at radius 1 is 1.50 bits per heavy atom. The van der Waals surface area contributed by atoms with Gasteiger partial charge in [-0.15, -0.1) is 0 Å². The maximum Gasteiger partial charge on any atom is 0.334 e. The third-order valence-electron chi connectivity index (χ3n) is 2.44. The molecule has 0 heterocycles. The molecule has 0 saturated carbocycles. The zero-order valence-electron chi connectivity index (χ0n) is 10.1. The van der Waals surface area contributed by atoms with E-state index in [0.717, 1.165) is 5.56 Å². The fraction of sp³-hybridized carbons (Fsp3) is 0.333. The van der Waals surface area contributed by atoms with Gasteiger partial charge in [-0.25, -0.2) is 4.79 Å². The van der Waals surface area contributed by atoms with Gasteiger partial charge < -0.3 is 15.2 Å². The Balaban J connectivity index is 2.68. The smallest absolute Gasteiger partial charge is 0.334 e. The topological polar surface area (TPSA) is 75.6 Å². The van der Waals surface area contributed by atoms with Gasteiger partial charge in [-0.3, -0.25) is 4.79 Å². The molecule has 2 N–H and O–H groups in total. The van der Waals surface area contributed by atoms with Crippen LogP contribution in [0.4, 0.5) is 0 Å². The number of amides is 1. The molecule has 0 aliphatic heterocycles. The lowest BCUT2D eigenvalue weighted by molar-refractivity contribution is -0.148. The minimum Gasteiger partial charge on any atom is -0.479 e. The molecule has 0 bridgehead atoms. The SMILES string of the molecule is COC(CNC(=O)c1ccc(Cl)cc1C)C(=O)O. The zero-order chi connectivity index (χ0) is 13.7. The molecule has 0 radical (unpaired) electrons. The van der Waals surface area contributed by atoms with Crippen molar-refractivity contribution in [1.29, 1.82) is 0 Å². The normalized spacial score (nSPS) is 11.9. The van der Waals surface area contributed by atoms with E-state index in [2.05, 4.69) is 5.32 Å². The van der Waals surface area contributed by atoms with E-state index in [-0.39, 0.29) is 12.5 Å². The van der Waals surface area contributed by atoms with Crippen molar-refractivity contribution >= 4 is 23.5 Å². The van der Waals surface area contributed by atoms with Gasteiger partial charge in [-0.2, -0.15) is 0 Å². The van der Waals surface area contributed by atoms with E-state index >= 15 is 0 Å². The predicted molar refractivity (Wildman–Crippen MR) is 67.0 cm³/mol. The molecule has 5 nitrogen and oxygen atoms in total. The Bertz CT molecular complexity index is 461. The number of methoxy groups -OCH3 is 1. The second kappa shape index (κ2) is 6.37. The molecule has 1 aromatic carbocycles. The van der Waals surface area contributed by atoms with Gasteiger partial charge in [-0.05, 0) is 30.7 Å². The molecule has 1 atom stereocenters. The summed E-state index contributed by atoms with van der Waals surface area (Å²) < 4.78 is 4.71. The standard InChI is InChI=1S/C12H14ClNO4/c1-7-5-8(13)3-4-9(7)11(15)14-6-10(18-2)12(16)17/h3-5,10H,6H2,1-2H3,(H,14,15)(H,16,17). The van der Waals surface area contributed by atoms with Crippen LogP contribution in [0.5, 0.6) is 0 Å². The van der Waals surface area contributed by atoms with E-state index in [9.17, 15) is 9.59 Å². The van der Waals surface area contributed by atoms with Crippen LogP contribution in [0.15, 0.2) is 18.2 Å². The van der Waals surface area contributed by atoms with Gasteiger partial charge in [0.15, 0.2) is 6.10 Å². The lowest BCUT2D eigenvalue weighted by Crippen LogP contribution is -2.38. The average molecular weight is 272 g/mol. The number of carboxylic acid groups (broad SMARTS) is 1. The Hall–Kier alpha value is -1.59. The van der Waals surface area contributed by atoms with Crippen LogP contribution in [-0.4, -0.2) is 36.7 Å². The number of rotatable bonds is 5. The van der Waals surface area contributed by atoms with E-state index in [1.165, 1.54) is 7.11 Å². The molecule has 6 heteroatoms. The number of nitrogens with one attached hydrogen (secondary N) is 1.